The molecule has 0 unspecified atom stereocenters. The molecular weight excluding hydrogens is 450 g/mol. The number of imidazole rings is 1. The summed E-state index contributed by atoms with van der Waals surface area (Å²) < 4.78 is 2.08. The third-order valence-electron chi connectivity index (χ3n) is 7.00. The molecule has 3 aromatic rings. The van der Waals surface area contributed by atoms with Crippen LogP contribution in [0.3, 0.4) is 0 Å². The molecule has 8 heteroatoms. The smallest absolute Gasteiger partial charge is 0.227 e. The molecule has 2 heterocycles. The molecule has 5 rings (SSSR count). The quantitative estimate of drug-likeness (QED) is 0.405. The topological polar surface area (TPSA) is 96.8 Å². The summed E-state index contributed by atoms with van der Waals surface area (Å²) in [5.74, 6) is 1.40. The molecule has 0 bridgehead atoms. The van der Waals surface area contributed by atoms with Crippen molar-refractivity contribution in [3.05, 3.63) is 59.9 Å². The zero-order chi connectivity index (χ0) is 25.1. The van der Waals surface area contributed by atoms with Crippen LogP contribution in [0.25, 0.3) is 16.7 Å². The molecule has 2 aliphatic rings. The maximum Gasteiger partial charge on any atom is 0.227 e. The van der Waals surface area contributed by atoms with Crippen molar-refractivity contribution in [1.29, 1.82) is 0 Å². The molecule has 0 aliphatic heterocycles. The molecule has 2 aromatic heterocycles. The number of allylic oxidation sites excluding steroid dienone is 4. The number of nitrogens with zero attached hydrogens (tertiary/aromatic N) is 4. The summed E-state index contributed by atoms with van der Waals surface area (Å²) in [5.41, 5.74) is 5.41. The largest absolute Gasteiger partial charge is 0.364 e. The number of rotatable bonds is 8. The van der Waals surface area contributed by atoms with Crippen molar-refractivity contribution >= 4 is 34.4 Å². The summed E-state index contributed by atoms with van der Waals surface area (Å²) in [6.45, 7) is 6.49. The number of hydrogen-bond acceptors (Lipinski definition) is 6. The van der Waals surface area contributed by atoms with Gasteiger partial charge in [0.15, 0.2) is 17.0 Å². The van der Waals surface area contributed by atoms with Gasteiger partial charge in [-0.2, -0.15) is 9.97 Å². The number of amides is 1. The highest BCUT2D eigenvalue weighted by atomic mass is 16.1. The van der Waals surface area contributed by atoms with Crippen molar-refractivity contribution in [2.75, 3.05) is 10.6 Å². The van der Waals surface area contributed by atoms with Crippen molar-refractivity contribution < 1.29 is 4.79 Å². The van der Waals surface area contributed by atoms with E-state index in [0.29, 0.717) is 12.5 Å². The van der Waals surface area contributed by atoms with Crippen LogP contribution < -0.4 is 16.0 Å². The zero-order valence-corrected chi connectivity index (χ0v) is 21.3. The lowest BCUT2D eigenvalue weighted by atomic mass is 9.91. The highest BCUT2D eigenvalue weighted by molar-refractivity contribution is 5.84. The lowest BCUT2D eigenvalue weighted by Gasteiger charge is -2.29. The fourth-order valence-electron chi connectivity index (χ4n) is 5.02. The second kappa shape index (κ2) is 10.5. The predicted octanol–water partition coefficient (Wildman–Crippen LogP) is 5.22. The van der Waals surface area contributed by atoms with Gasteiger partial charge in [-0.1, -0.05) is 42.5 Å². The van der Waals surface area contributed by atoms with Crippen molar-refractivity contribution in [1.82, 2.24) is 24.8 Å². The first-order chi connectivity index (χ1) is 17.5. The maximum atomic E-state index is 11.4. The lowest BCUT2D eigenvalue weighted by Crippen LogP contribution is -2.39. The Morgan fingerprint density at radius 2 is 1.83 bits per heavy atom. The Kier molecular flexibility index (Phi) is 7.02. The zero-order valence-electron chi connectivity index (χ0n) is 21.3. The van der Waals surface area contributed by atoms with E-state index in [-0.39, 0.29) is 24.0 Å². The minimum atomic E-state index is 0.0418. The van der Waals surface area contributed by atoms with E-state index in [1.165, 1.54) is 16.7 Å². The fraction of sp³-hybridized carbons (Fsp3) is 0.429. The van der Waals surface area contributed by atoms with Gasteiger partial charge >= 0.3 is 0 Å². The normalized spacial score (nSPS) is 19.5. The van der Waals surface area contributed by atoms with Crippen LogP contribution in [-0.2, 0) is 11.3 Å². The number of benzene rings is 1. The Morgan fingerprint density at radius 1 is 1.08 bits per heavy atom. The van der Waals surface area contributed by atoms with Crippen LogP contribution in [-0.4, -0.2) is 37.5 Å². The number of fused-ring (bicyclic) bond motifs is 1. The van der Waals surface area contributed by atoms with Crippen molar-refractivity contribution in [3.8, 4) is 0 Å². The van der Waals surface area contributed by atoms with Crippen LogP contribution in [0.4, 0.5) is 11.8 Å². The second-order valence-corrected chi connectivity index (χ2v) is 10.1. The minimum Gasteiger partial charge on any atom is -0.364 e. The Hall–Kier alpha value is -3.68. The first-order valence-corrected chi connectivity index (χ1v) is 12.9. The molecule has 1 aromatic carbocycles. The van der Waals surface area contributed by atoms with E-state index in [4.69, 9.17) is 9.97 Å². The highest BCUT2D eigenvalue weighted by Gasteiger charge is 2.23. The molecule has 188 valence electrons. The van der Waals surface area contributed by atoms with E-state index in [1.54, 1.807) is 6.92 Å². The molecule has 2 aliphatic carbocycles. The van der Waals surface area contributed by atoms with Gasteiger partial charge in [-0.3, -0.25) is 4.79 Å². The SMILES string of the molecule is CC(=O)NC1CCC(Nc2nc(NCc3ccc(C4=CC=CC4)cc3)c3ncn(C(C)C)c3n2)CC1. The van der Waals surface area contributed by atoms with Gasteiger partial charge in [0, 0.05) is 31.6 Å². The Labute approximate surface area is 212 Å². The third kappa shape index (κ3) is 5.42. The molecule has 0 radical (unpaired) electrons. The van der Waals surface area contributed by atoms with Gasteiger partial charge in [0.05, 0.1) is 6.33 Å². The number of aromatic nitrogens is 4. The number of anilines is 2. The minimum absolute atomic E-state index is 0.0418. The first-order valence-electron chi connectivity index (χ1n) is 12.9. The Bertz CT molecular complexity index is 1280. The number of nitrogens with one attached hydrogen (secondary N) is 3. The van der Waals surface area contributed by atoms with E-state index in [2.05, 4.69) is 81.8 Å². The van der Waals surface area contributed by atoms with Crippen LogP contribution in [0.5, 0.6) is 0 Å². The van der Waals surface area contributed by atoms with Crippen LogP contribution in [0, 0.1) is 0 Å². The van der Waals surface area contributed by atoms with Crippen LogP contribution in [0.15, 0.2) is 48.8 Å². The lowest BCUT2D eigenvalue weighted by molar-refractivity contribution is -0.119. The molecule has 0 saturated heterocycles. The van der Waals surface area contributed by atoms with Gasteiger partial charge in [0.1, 0.15) is 0 Å². The monoisotopic (exact) mass is 485 g/mol. The van der Waals surface area contributed by atoms with Crippen molar-refractivity contribution in [2.45, 2.75) is 77.5 Å². The van der Waals surface area contributed by atoms with Crippen molar-refractivity contribution in [3.63, 3.8) is 0 Å². The van der Waals surface area contributed by atoms with Crippen molar-refractivity contribution in [2.24, 2.45) is 0 Å². The van der Waals surface area contributed by atoms with Gasteiger partial charge in [0.2, 0.25) is 11.9 Å². The molecule has 0 atom stereocenters. The van der Waals surface area contributed by atoms with Gasteiger partial charge in [-0.05, 0) is 62.7 Å². The highest BCUT2D eigenvalue weighted by Crippen LogP contribution is 2.27. The number of carbonyl (C=O) groups is 1. The van der Waals surface area contributed by atoms with Crippen LogP contribution in [0.2, 0.25) is 0 Å². The molecule has 1 fully saturated rings. The summed E-state index contributed by atoms with van der Waals surface area (Å²) in [6, 6.07) is 9.48. The molecule has 8 nitrogen and oxygen atoms in total. The molecule has 3 N–H and O–H groups in total. The molecule has 1 saturated carbocycles. The van der Waals surface area contributed by atoms with E-state index in [0.717, 1.165) is 49.1 Å². The third-order valence-corrected chi connectivity index (χ3v) is 7.00. The molecule has 0 spiro atoms. The van der Waals surface area contributed by atoms with E-state index >= 15 is 0 Å². The van der Waals surface area contributed by atoms with Gasteiger partial charge in [-0.25, -0.2) is 4.98 Å². The molecule has 1 amide bonds. The van der Waals surface area contributed by atoms with Crippen LogP contribution >= 0.6 is 0 Å². The number of carbonyl (C=O) groups excluding carboxylic acids is 1. The average molecular weight is 486 g/mol. The summed E-state index contributed by atoms with van der Waals surface area (Å²) >= 11 is 0. The summed E-state index contributed by atoms with van der Waals surface area (Å²) in [5, 5.41) is 10.1. The maximum absolute atomic E-state index is 11.4. The van der Waals surface area contributed by atoms with Gasteiger partial charge in [-0.15, -0.1) is 0 Å². The van der Waals surface area contributed by atoms with E-state index in [1.807, 2.05) is 6.33 Å². The summed E-state index contributed by atoms with van der Waals surface area (Å²) in [4.78, 5) is 25.7. The van der Waals surface area contributed by atoms with Gasteiger partial charge < -0.3 is 20.5 Å². The number of hydrogen-bond donors (Lipinski definition) is 3. The van der Waals surface area contributed by atoms with E-state index in [9.17, 15) is 4.79 Å². The molecular formula is C28H35N7O. The van der Waals surface area contributed by atoms with E-state index < -0.39 is 0 Å². The summed E-state index contributed by atoms with van der Waals surface area (Å²) in [7, 11) is 0. The Balaban J connectivity index is 1.32. The predicted molar refractivity (Wildman–Crippen MR) is 145 cm³/mol. The summed E-state index contributed by atoms with van der Waals surface area (Å²) in [6.07, 6.45) is 13.2. The molecule has 36 heavy (non-hydrogen) atoms. The second-order valence-electron chi connectivity index (χ2n) is 10.1. The van der Waals surface area contributed by atoms with Gasteiger partial charge in [0.25, 0.3) is 0 Å². The average Bonchev–Trinajstić information content (AvgIpc) is 3.54. The first kappa shape index (κ1) is 24.0. The standard InChI is InChI=1S/C28H35N7O/c1-18(2)35-17-30-25-26(29-16-20-8-10-22(11-9-20)21-6-4-5-7-21)33-28(34-27(25)35)32-24-14-12-23(13-15-24)31-19(3)36/h4-6,8-11,17-18,23-24H,7,12-16H2,1-3H3,(H,31,36)(H2,29,32,33,34). The fourth-order valence-corrected chi connectivity index (χ4v) is 5.02. The van der Waals surface area contributed by atoms with Crippen LogP contribution in [0.1, 0.15) is 70.0 Å². The Morgan fingerprint density at radius 3 is 2.50 bits per heavy atom.